The number of hydrogen-bond acceptors (Lipinski definition) is 9. The Kier molecular flexibility index (Phi) is 8.09. The van der Waals surface area contributed by atoms with Crippen LogP contribution in [0, 0.1) is 41.5 Å². The number of nitrogens with one attached hydrogen (secondary N) is 3. The average molecular weight is 529 g/mol. The summed E-state index contributed by atoms with van der Waals surface area (Å²) in [5, 5.41) is 9.96. The molecule has 4 aromatic rings. The molecule has 204 valence electrons. The molecule has 1 heterocycles. The van der Waals surface area contributed by atoms with Crippen LogP contribution in [0.3, 0.4) is 0 Å². The molecule has 0 fully saturated rings. The first kappa shape index (κ1) is 27.5. The van der Waals surface area contributed by atoms with Crippen LogP contribution in [0.2, 0.25) is 0 Å². The summed E-state index contributed by atoms with van der Waals surface area (Å²) < 4.78 is 16.6. The van der Waals surface area contributed by atoms with E-state index in [9.17, 15) is 0 Å². The van der Waals surface area contributed by atoms with Crippen LogP contribution in [-0.4, -0.2) is 36.3 Å². The van der Waals surface area contributed by atoms with Crippen LogP contribution in [0.15, 0.2) is 36.4 Å². The Balaban J connectivity index is 1.75. The van der Waals surface area contributed by atoms with Crippen molar-refractivity contribution in [2.45, 2.75) is 41.5 Å². The second-order valence-electron chi connectivity index (χ2n) is 9.57. The fraction of sp³-hybridized carbons (Fsp3) is 0.300. The molecule has 0 aliphatic rings. The Morgan fingerprint density at radius 1 is 0.462 bits per heavy atom. The summed E-state index contributed by atoms with van der Waals surface area (Å²) >= 11 is 0. The monoisotopic (exact) mass is 528 g/mol. The summed E-state index contributed by atoms with van der Waals surface area (Å²) in [6, 6.07) is 11.9. The number of hydrogen-bond donors (Lipinski definition) is 3. The highest BCUT2D eigenvalue weighted by atomic mass is 16.5. The van der Waals surface area contributed by atoms with Gasteiger partial charge in [-0.2, -0.15) is 15.0 Å². The van der Waals surface area contributed by atoms with E-state index in [-0.39, 0.29) is 0 Å². The van der Waals surface area contributed by atoms with Gasteiger partial charge in [-0.15, -0.1) is 0 Å². The first-order valence-electron chi connectivity index (χ1n) is 12.6. The summed E-state index contributed by atoms with van der Waals surface area (Å²) in [5.41, 5.74) is 9.17. The molecule has 0 atom stereocenters. The molecule has 0 saturated carbocycles. The maximum atomic E-state index is 5.55. The largest absolute Gasteiger partial charge is 0.496 e. The first-order chi connectivity index (χ1) is 18.6. The zero-order valence-corrected chi connectivity index (χ0v) is 24.0. The molecule has 39 heavy (non-hydrogen) atoms. The van der Waals surface area contributed by atoms with Crippen molar-refractivity contribution < 1.29 is 14.2 Å². The lowest BCUT2D eigenvalue weighted by Crippen LogP contribution is -2.08. The molecule has 0 saturated heterocycles. The number of rotatable bonds is 9. The number of aromatic nitrogens is 3. The van der Waals surface area contributed by atoms with Crippen molar-refractivity contribution in [3.63, 3.8) is 0 Å². The molecule has 0 unspecified atom stereocenters. The second-order valence-corrected chi connectivity index (χ2v) is 9.57. The summed E-state index contributed by atoms with van der Waals surface area (Å²) in [7, 11) is 4.89. The zero-order chi connectivity index (χ0) is 28.3. The van der Waals surface area contributed by atoms with E-state index in [2.05, 4.69) is 63.8 Å². The molecule has 9 nitrogen and oxygen atoms in total. The number of aryl methyl sites for hydroxylation is 4. The van der Waals surface area contributed by atoms with Crippen LogP contribution in [0.5, 0.6) is 17.2 Å². The van der Waals surface area contributed by atoms with Gasteiger partial charge in [-0.05, 0) is 99.2 Å². The van der Waals surface area contributed by atoms with Gasteiger partial charge in [-0.3, -0.25) is 0 Å². The summed E-state index contributed by atoms with van der Waals surface area (Å²) in [6.45, 7) is 12.3. The molecule has 3 aromatic carbocycles. The van der Waals surface area contributed by atoms with Crippen LogP contribution < -0.4 is 30.2 Å². The van der Waals surface area contributed by atoms with E-state index in [0.29, 0.717) is 29.3 Å². The Morgan fingerprint density at radius 3 is 1.28 bits per heavy atom. The highest BCUT2D eigenvalue weighted by Gasteiger charge is 2.14. The lowest BCUT2D eigenvalue weighted by molar-refractivity contribution is 0.353. The Morgan fingerprint density at radius 2 is 0.846 bits per heavy atom. The maximum absolute atomic E-state index is 5.55. The summed E-state index contributed by atoms with van der Waals surface area (Å²) in [5.74, 6) is 3.20. The summed E-state index contributed by atoms with van der Waals surface area (Å²) in [6.07, 6.45) is 0. The minimum Gasteiger partial charge on any atom is -0.496 e. The Labute approximate surface area is 230 Å². The fourth-order valence-corrected chi connectivity index (χ4v) is 4.38. The van der Waals surface area contributed by atoms with Crippen LogP contribution in [0.4, 0.5) is 34.9 Å². The van der Waals surface area contributed by atoms with Crippen molar-refractivity contribution in [2.24, 2.45) is 0 Å². The van der Waals surface area contributed by atoms with Crippen LogP contribution >= 0.6 is 0 Å². The van der Waals surface area contributed by atoms with Crippen molar-refractivity contribution in [3.05, 3.63) is 69.8 Å². The fourth-order valence-electron chi connectivity index (χ4n) is 4.38. The van der Waals surface area contributed by atoms with Crippen molar-refractivity contribution in [1.29, 1.82) is 0 Å². The van der Waals surface area contributed by atoms with Gasteiger partial charge in [0.2, 0.25) is 17.8 Å². The van der Waals surface area contributed by atoms with E-state index in [1.54, 1.807) is 21.3 Å². The van der Waals surface area contributed by atoms with Gasteiger partial charge in [-0.1, -0.05) is 0 Å². The van der Waals surface area contributed by atoms with Gasteiger partial charge in [0, 0.05) is 29.2 Å². The SMILES string of the molecule is COc1cc(Nc2nc(Nc3cc(C)c(C)c(C)c3)nc(Nc3cc(C)c(OC)c(OC)c3)n2)cc(C)c1C. The third kappa shape index (κ3) is 6.14. The van der Waals surface area contributed by atoms with E-state index in [1.807, 2.05) is 45.0 Å². The predicted octanol–water partition coefficient (Wildman–Crippen LogP) is 6.98. The lowest BCUT2D eigenvalue weighted by Gasteiger charge is -2.16. The van der Waals surface area contributed by atoms with E-state index in [0.717, 1.165) is 39.5 Å². The van der Waals surface area contributed by atoms with Gasteiger partial charge in [0.1, 0.15) is 5.75 Å². The molecule has 0 aliphatic carbocycles. The van der Waals surface area contributed by atoms with Gasteiger partial charge >= 0.3 is 0 Å². The molecular formula is C30H36N6O3. The quantitative estimate of drug-likeness (QED) is 0.212. The second kappa shape index (κ2) is 11.5. The molecule has 4 rings (SSSR count). The lowest BCUT2D eigenvalue weighted by atomic mass is 10.0. The smallest absolute Gasteiger partial charge is 0.233 e. The first-order valence-corrected chi connectivity index (χ1v) is 12.6. The number of ether oxygens (including phenoxy) is 3. The number of benzene rings is 3. The van der Waals surface area contributed by atoms with E-state index in [4.69, 9.17) is 14.2 Å². The van der Waals surface area contributed by atoms with E-state index in [1.165, 1.54) is 16.7 Å². The highest BCUT2D eigenvalue weighted by Crippen LogP contribution is 2.35. The molecule has 9 heteroatoms. The third-order valence-corrected chi connectivity index (χ3v) is 6.84. The number of anilines is 6. The van der Waals surface area contributed by atoms with Crippen LogP contribution in [0.25, 0.3) is 0 Å². The van der Waals surface area contributed by atoms with E-state index < -0.39 is 0 Å². The van der Waals surface area contributed by atoms with Crippen molar-refractivity contribution >= 4 is 34.9 Å². The van der Waals surface area contributed by atoms with Crippen molar-refractivity contribution in [2.75, 3.05) is 37.3 Å². The topological polar surface area (TPSA) is 102 Å². The van der Waals surface area contributed by atoms with Gasteiger partial charge in [0.15, 0.2) is 11.5 Å². The molecular weight excluding hydrogens is 492 g/mol. The van der Waals surface area contributed by atoms with Crippen molar-refractivity contribution in [3.8, 4) is 17.2 Å². The van der Waals surface area contributed by atoms with Gasteiger partial charge in [-0.25, -0.2) is 0 Å². The number of methoxy groups -OCH3 is 3. The molecule has 0 bridgehead atoms. The number of nitrogens with zero attached hydrogens (tertiary/aromatic N) is 3. The molecule has 0 aliphatic heterocycles. The molecule has 0 radical (unpaired) electrons. The highest BCUT2D eigenvalue weighted by molar-refractivity contribution is 5.67. The Hall–Kier alpha value is -4.53. The zero-order valence-electron chi connectivity index (χ0n) is 24.0. The van der Waals surface area contributed by atoms with Gasteiger partial charge in [0.25, 0.3) is 0 Å². The molecule has 0 spiro atoms. The molecule has 3 N–H and O–H groups in total. The van der Waals surface area contributed by atoms with Gasteiger partial charge in [0.05, 0.1) is 21.3 Å². The van der Waals surface area contributed by atoms with E-state index >= 15 is 0 Å². The van der Waals surface area contributed by atoms with Crippen molar-refractivity contribution in [1.82, 2.24) is 15.0 Å². The van der Waals surface area contributed by atoms with Crippen LogP contribution in [0.1, 0.15) is 33.4 Å². The normalized spacial score (nSPS) is 10.7. The average Bonchev–Trinajstić information content (AvgIpc) is 2.88. The standard InChI is InChI=1S/C30H36N6O3/c1-16-10-22(11-17(2)20(16)5)31-28-34-29(32-23-12-18(3)21(6)25(14-23)37-7)36-30(35-28)33-24-13-19(4)27(39-9)26(15-24)38-8/h10-15H,1-9H3,(H3,31,32,33,34,35,36). The third-order valence-electron chi connectivity index (χ3n) is 6.84. The Bertz CT molecular complexity index is 1500. The molecule has 0 amide bonds. The van der Waals surface area contributed by atoms with Gasteiger partial charge < -0.3 is 30.2 Å². The predicted molar refractivity (Wildman–Crippen MR) is 157 cm³/mol. The van der Waals surface area contributed by atoms with Crippen LogP contribution in [-0.2, 0) is 0 Å². The molecule has 1 aromatic heterocycles. The summed E-state index contributed by atoms with van der Waals surface area (Å²) in [4.78, 5) is 14.0. The minimum atomic E-state index is 0.359. The minimum absolute atomic E-state index is 0.359. The maximum Gasteiger partial charge on any atom is 0.233 e.